The Hall–Kier alpha value is -0.900. The lowest BCUT2D eigenvalue weighted by Gasteiger charge is -2.34. The number of nitrogens with two attached hydrogens (primary N) is 1. The van der Waals surface area contributed by atoms with Crippen molar-refractivity contribution in [3.8, 4) is 0 Å². The summed E-state index contributed by atoms with van der Waals surface area (Å²) in [5.41, 5.74) is 6.95. The third-order valence-corrected chi connectivity index (χ3v) is 4.14. The lowest BCUT2D eigenvalue weighted by molar-refractivity contribution is 0.125. The number of nitrogens with zero attached hydrogens (tertiary/aromatic N) is 2. The maximum absolute atomic E-state index is 5.52. The van der Waals surface area contributed by atoms with Crippen LogP contribution < -0.4 is 5.73 Å². The second-order valence-electron chi connectivity index (χ2n) is 5.81. The Bertz CT molecular complexity index is 345. The van der Waals surface area contributed by atoms with E-state index in [4.69, 9.17) is 5.73 Å². The van der Waals surface area contributed by atoms with Crippen LogP contribution in [0.3, 0.4) is 0 Å². The molecule has 20 heavy (non-hydrogen) atoms. The molecule has 1 aromatic rings. The van der Waals surface area contributed by atoms with Gasteiger partial charge in [-0.15, -0.1) is 0 Å². The van der Waals surface area contributed by atoms with Gasteiger partial charge in [-0.1, -0.05) is 43.2 Å². The van der Waals surface area contributed by atoms with Gasteiger partial charge in [-0.3, -0.25) is 4.90 Å². The Balaban J connectivity index is 1.58. The molecule has 0 bridgehead atoms. The quantitative estimate of drug-likeness (QED) is 0.739. The molecule has 3 nitrogen and oxygen atoms in total. The van der Waals surface area contributed by atoms with Gasteiger partial charge in [0.25, 0.3) is 0 Å². The van der Waals surface area contributed by atoms with Crippen LogP contribution >= 0.6 is 0 Å². The van der Waals surface area contributed by atoms with Gasteiger partial charge in [-0.2, -0.15) is 0 Å². The summed E-state index contributed by atoms with van der Waals surface area (Å²) in [5, 5.41) is 0. The summed E-state index contributed by atoms with van der Waals surface area (Å²) in [6.45, 7) is 8.08. The highest BCUT2D eigenvalue weighted by Crippen LogP contribution is 2.09. The zero-order valence-corrected chi connectivity index (χ0v) is 12.6. The van der Waals surface area contributed by atoms with E-state index in [9.17, 15) is 0 Å². The van der Waals surface area contributed by atoms with Crippen molar-refractivity contribution in [2.75, 3.05) is 39.3 Å². The fourth-order valence-corrected chi connectivity index (χ4v) is 2.85. The Morgan fingerprint density at radius 2 is 1.45 bits per heavy atom. The highest BCUT2D eigenvalue weighted by atomic mass is 15.3. The summed E-state index contributed by atoms with van der Waals surface area (Å²) in [7, 11) is 0. The molecular formula is C17H29N3. The summed E-state index contributed by atoms with van der Waals surface area (Å²) >= 11 is 0. The molecule has 1 fully saturated rings. The molecule has 3 heteroatoms. The van der Waals surface area contributed by atoms with Crippen molar-refractivity contribution in [3.63, 3.8) is 0 Å². The first-order valence-electron chi connectivity index (χ1n) is 8.07. The van der Waals surface area contributed by atoms with E-state index < -0.39 is 0 Å². The highest BCUT2D eigenvalue weighted by Gasteiger charge is 2.16. The number of rotatable bonds is 8. The molecule has 1 heterocycles. The number of unbranched alkanes of at least 4 members (excludes halogenated alkanes) is 3. The average Bonchev–Trinajstić information content (AvgIpc) is 2.50. The molecule has 1 aromatic carbocycles. The standard InChI is InChI=1S/C17H29N3/c18-10-6-1-2-7-11-19-12-14-20(15-13-19)16-17-8-4-3-5-9-17/h3-5,8-9H,1-2,6-7,10-16,18H2. The summed E-state index contributed by atoms with van der Waals surface area (Å²) in [6, 6.07) is 10.8. The van der Waals surface area contributed by atoms with Crippen molar-refractivity contribution in [3.05, 3.63) is 35.9 Å². The van der Waals surface area contributed by atoms with Gasteiger partial charge in [0, 0.05) is 32.7 Å². The minimum atomic E-state index is 0.845. The molecule has 1 saturated heterocycles. The maximum Gasteiger partial charge on any atom is 0.0234 e. The molecule has 2 N–H and O–H groups in total. The molecule has 0 spiro atoms. The Labute approximate surface area is 123 Å². The van der Waals surface area contributed by atoms with E-state index in [1.807, 2.05) is 0 Å². The minimum absolute atomic E-state index is 0.845. The first-order valence-corrected chi connectivity index (χ1v) is 8.07. The average molecular weight is 275 g/mol. The molecule has 1 aliphatic rings. The van der Waals surface area contributed by atoms with Crippen LogP contribution in [-0.4, -0.2) is 49.1 Å². The summed E-state index contributed by atoms with van der Waals surface area (Å²) < 4.78 is 0. The van der Waals surface area contributed by atoms with E-state index in [1.165, 1.54) is 64.0 Å². The van der Waals surface area contributed by atoms with Gasteiger partial charge in [0.2, 0.25) is 0 Å². The number of hydrogen-bond donors (Lipinski definition) is 1. The molecule has 0 aromatic heterocycles. The smallest absolute Gasteiger partial charge is 0.0234 e. The van der Waals surface area contributed by atoms with E-state index in [0.717, 1.165) is 13.1 Å². The lowest BCUT2D eigenvalue weighted by atomic mass is 10.1. The van der Waals surface area contributed by atoms with E-state index in [1.54, 1.807) is 0 Å². The molecule has 0 aliphatic carbocycles. The van der Waals surface area contributed by atoms with Crippen molar-refractivity contribution in [2.24, 2.45) is 5.73 Å². The lowest BCUT2D eigenvalue weighted by Crippen LogP contribution is -2.46. The van der Waals surface area contributed by atoms with Crippen LogP contribution in [0, 0.1) is 0 Å². The molecule has 0 amide bonds. The van der Waals surface area contributed by atoms with E-state index in [2.05, 4.69) is 40.1 Å². The van der Waals surface area contributed by atoms with Gasteiger partial charge in [0.05, 0.1) is 0 Å². The van der Waals surface area contributed by atoms with Gasteiger partial charge in [-0.05, 0) is 31.5 Å². The Morgan fingerprint density at radius 3 is 2.15 bits per heavy atom. The van der Waals surface area contributed by atoms with Crippen LogP contribution in [0.1, 0.15) is 31.2 Å². The normalized spacial score (nSPS) is 17.4. The van der Waals surface area contributed by atoms with Crippen molar-refractivity contribution in [1.29, 1.82) is 0 Å². The van der Waals surface area contributed by atoms with Crippen LogP contribution in [0.5, 0.6) is 0 Å². The number of piperazine rings is 1. The predicted octanol–water partition coefficient (Wildman–Crippen LogP) is 2.32. The SMILES string of the molecule is NCCCCCCN1CCN(Cc2ccccc2)CC1. The second-order valence-corrected chi connectivity index (χ2v) is 5.81. The third kappa shape index (κ3) is 5.61. The van der Waals surface area contributed by atoms with Crippen LogP contribution in [0.2, 0.25) is 0 Å². The number of benzene rings is 1. The third-order valence-electron chi connectivity index (χ3n) is 4.14. The van der Waals surface area contributed by atoms with Gasteiger partial charge in [0.15, 0.2) is 0 Å². The van der Waals surface area contributed by atoms with Crippen LogP contribution in [-0.2, 0) is 6.54 Å². The van der Waals surface area contributed by atoms with E-state index >= 15 is 0 Å². The predicted molar refractivity (Wildman–Crippen MR) is 85.7 cm³/mol. The first-order chi connectivity index (χ1) is 9.88. The highest BCUT2D eigenvalue weighted by molar-refractivity contribution is 5.14. The first kappa shape index (κ1) is 15.5. The van der Waals surface area contributed by atoms with Crippen molar-refractivity contribution in [1.82, 2.24) is 9.80 Å². The molecule has 112 valence electrons. The van der Waals surface area contributed by atoms with Gasteiger partial charge in [-0.25, -0.2) is 0 Å². The molecule has 0 saturated carbocycles. The second kappa shape index (κ2) is 9.11. The molecule has 0 radical (unpaired) electrons. The summed E-state index contributed by atoms with van der Waals surface area (Å²) in [4.78, 5) is 5.18. The van der Waals surface area contributed by atoms with Crippen LogP contribution in [0.4, 0.5) is 0 Å². The van der Waals surface area contributed by atoms with E-state index in [0.29, 0.717) is 0 Å². The van der Waals surface area contributed by atoms with Gasteiger partial charge >= 0.3 is 0 Å². The zero-order valence-electron chi connectivity index (χ0n) is 12.6. The minimum Gasteiger partial charge on any atom is -0.330 e. The van der Waals surface area contributed by atoms with Gasteiger partial charge < -0.3 is 10.6 Å². The fraction of sp³-hybridized carbons (Fsp3) is 0.647. The Morgan fingerprint density at radius 1 is 0.800 bits per heavy atom. The van der Waals surface area contributed by atoms with Crippen molar-refractivity contribution < 1.29 is 0 Å². The fourth-order valence-electron chi connectivity index (χ4n) is 2.85. The molecular weight excluding hydrogens is 246 g/mol. The van der Waals surface area contributed by atoms with Crippen molar-refractivity contribution >= 4 is 0 Å². The molecule has 0 unspecified atom stereocenters. The molecule has 1 aliphatic heterocycles. The monoisotopic (exact) mass is 275 g/mol. The maximum atomic E-state index is 5.52. The van der Waals surface area contributed by atoms with E-state index in [-0.39, 0.29) is 0 Å². The summed E-state index contributed by atoms with van der Waals surface area (Å²) in [5.74, 6) is 0. The number of hydrogen-bond acceptors (Lipinski definition) is 3. The van der Waals surface area contributed by atoms with Crippen LogP contribution in [0.25, 0.3) is 0 Å². The summed E-state index contributed by atoms with van der Waals surface area (Å²) in [6.07, 6.45) is 5.15. The topological polar surface area (TPSA) is 32.5 Å². The van der Waals surface area contributed by atoms with Crippen LogP contribution in [0.15, 0.2) is 30.3 Å². The van der Waals surface area contributed by atoms with Gasteiger partial charge in [0.1, 0.15) is 0 Å². The largest absolute Gasteiger partial charge is 0.330 e. The molecule has 2 rings (SSSR count). The Kier molecular flexibility index (Phi) is 7.06. The van der Waals surface area contributed by atoms with Crippen molar-refractivity contribution in [2.45, 2.75) is 32.2 Å². The molecule has 0 atom stereocenters. The zero-order chi connectivity index (χ0) is 14.0.